The second-order valence-corrected chi connectivity index (χ2v) is 7.32. The predicted octanol–water partition coefficient (Wildman–Crippen LogP) is -0.949. The van der Waals surface area contributed by atoms with Gasteiger partial charge in [0, 0.05) is 0 Å². The van der Waals surface area contributed by atoms with Crippen LogP contribution in [0.2, 0.25) is 0 Å². The summed E-state index contributed by atoms with van der Waals surface area (Å²) in [4.78, 5) is 59.0. The first-order valence-corrected chi connectivity index (χ1v) is 9.47. The lowest BCUT2D eigenvalue weighted by molar-refractivity contribution is -0.147. The number of carboxylic acids is 2. The van der Waals surface area contributed by atoms with Crippen molar-refractivity contribution in [2.75, 3.05) is 6.54 Å². The number of hydrogen-bond acceptors (Lipinski definition) is 6. The van der Waals surface area contributed by atoms with Gasteiger partial charge in [0.1, 0.15) is 18.1 Å². The molecule has 4 unspecified atom stereocenters. The number of carboxylic acid groups (broad SMARTS) is 2. The van der Waals surface area contributed by atoms with Crippen LogP contribution in [0.4, 0.5) is 0 Å². The molecule has 0 fully saturated rings. The molecule has 0 saturated heterocycles. The standard InChI is InChI=1S/C18H32N4O7/c1-5-10(4)15(22-13(23)8-19)17(27)20-11(6-9(2)3)16(26)21-12(18(28)29)7-14(24)25/h9-12,15H,5-8,19H2,1-4H3,(H,20,27)(H,21,26)(H,22,23)(H,24,25)(H,28,29). The maximum atomic E-state index is 12.7. The van der Waals surface area contributed by atoms with Crippen LogP contribution in [0.25, 0.3) is 0 Å². The number of nitrogens with two attached hydrogens (primary N) is 1. The van der Waals surface area contributed by atoms with Crippen LogP contribution in [0, 0.1) is 11.8 Å². The molecule has 0 heterocycles. The average molecular weight is 416 g/mol. The van der Waals surface area contributed by atoms with E-state index in [1.54, 1.807) is 20.8 Å². The topological polar surface area (TPSA) is 188 Å². The fraction of sp³-hybridized carbons (Fsp3) is 0.722. The maximum Gasteiger partial charge on any atom is 0.326 e. The Morgan fingerprint density at radius 2 is 1.45 bits per heavy atom. The Labute approximate surface area is 169 Å². The van der Waals surface area contributed by atoms with Crippen molar-refractivity contribution in [2.45, 2.75) is 65.1 Å². The first-order chi connectivity index (χ1) is 13.4. The monoisotopic (exact) mass is 416 g/mol. The number of hydrogen-bond donors (Lipinski definition) is 6. The van der Waals surface area contributed by atoms with Crippen molar-refractivity contribution < 1.29 is 34.2 Å². The number of aliphatic carboxylic acids is 2. The van der Waals surface area contributed by atoms with E-state index < -0.39 is 54.2 Å². The lowest BCUT2D eigenvalue weighted by atomic mass is 9.96. The number of rotatable bonds is 13. The summed E-state index contributed by atoms with van der Waals surface area (Å²) >= 11 is 0. The Bertz CT molecular complexity index is 609. The number of nitrogens with one attached hydrogen (secondary N) is 3. The molecular formula is C18H32N4O7. The highest BCUT2D eigenvalue weighted by Gasteiger charge is 2.32. The van der Waals surface area contributed by atoms with Crippen molar-refractivity contribution in [3.8, 4) is 0 Å². The highest BCUT2D eigenvalue weighted by molar-refractivity contribution is 5.94. The molecule has 0 aliphatic rings. The number of carbonyl (C=O) groups excluding carboxylic acids is 3. The Kier molecular flexibility index (Phi) is 11.5. The van der Waals surface area contributed by atoms with Crippen LogP contribution in [-0.2, 0) is 24.0 Å². The molecule has 11 heteroatoms. The van der Waals surface area contributed by atoms with E-state index in [1.165, 1.54) is 0 Å². The molecule has 0 aromatic carbocycles. The Morgan fingerprint density at radius 3 is 1.86 bits per heavy atom. The molecule has 4 atom stereocenters. The summed E-state index contributed by atoms with van der Waals surface area (Å²) in [5.41, 5.74) is 5.29. The predicted molar refractivity (Wildman–Crippen MR) is 104 cm³/mol. The minimum absolute atomic E-state index is 0.0329. The van der Waals surface area contributed by atoms with E-state index in [1.807, 2.05) is 6.92 Å². The molecule has 0 aromatic rings. The second kappa shape index (κ2) is 12.7. The fourth-order valence-electron chi connectivity index (χ4n) is 2.55. The van der Waals surface area contributed by atoms with E-state index in [2.05, 4.69) is 16.0 Å². The third-order valence-corrected chi connectivity index (χ3v) is 4.33. The van der Waals surface area contributed by atoms with Gasteiger partial charge in [-0.1, -0.05) is 34.1 Å². The van der Waals surface area contributed by atoms with E-state index in [-0.39, 0.29) is 24.8 Å². The van der Waals surface area contributed by atoms with Crippen molar-refractivity contribution in [3.63, 3.8) is 0 Å². The molecule has 0 rings (SSSR count). The Morgan fingerprint density at radius 1 is 0.897 bits per heavy atom. The van der Waals surface area contributed by atoms with Crippen LogP contribution < -0.4 is 21.7 Å². The molecule has 0 aliphatic heterocycles. The van der Waals surface area contributed by atoms with Crippen LogP contribution in [-0.4, -0.2) is 64.5 Å². The van der Waals surface area contributed by atoms with Gasteiger partial charge in [-0.3, -0.25) is 19.2 Å². The van der Waals surface area contributed by atoms with Crippen LogP contribution in [0.1, 0.15) is 47.0 Å². The molecular weight excluding hydrogens is 384 g/mol. The van der Waals surface area contributed by atoms with Gasteiger partial charge in [-0.15, -0.1) is 0 Å². The second-order valence-electron chi connectivity index (χ2n) is 7.32. The molecule has 29 heavy (non-hydrogen) atoms. The Balaban J connectivity index is 5.44. The fourth-order valence-corrected chi connectivity index (χ4v) is 2.55. The summed E-state index contributed by atoms with van der Waals surface area (Å²) in [5, 5.41) is 25.1. The average Bonchev–Trinajstić information content (AvgIpc) is 2.62. The number of amides is 3. The molecule has 7 N–H and O–H groups in total. The van der Waals surface area contributed by atoms with Gasteiger partial charge in [-0.25, -0.2) is 4.79 Å². The minimum atomic E-state index is -1.63. The summed E-state index contributed by atoms with van der Waals surface area (Å²) in [5.74, 6) is -5.10. The molecule has 3 amide bonds. The van der Waals surface area contributed by atoms with Gasteiger partial charge < -0.3 is 31.9 Å². The molecule has 0 aliphatic carbocycles. The largest absolute Gasteiger partial charge is 0.481 e. The highest BCUT2D eigenvalue weighted by Crippen LogP contribution is 2.11. The van der Waals surface area contributed by atoms with E-state index in [4.69, 9.17) is 15.9 Å². The summed E-state index contributed by atoms with van der Waals surface area (Å²) < 4.78 is 0. The molecule has 0 bridgehead atoms. The first-order valence-electron chi connectivity index (χ1n) is 9.47. The van der Waals surface area contributed by atoms with Gasteiger partial charge in [0.25, 0.3) is 0 Å². The third kappa shape index (κ3) is 9.88. The smallest absolute Gasteiger partial charge is 0.326 e. The van der Waals surface area contributed by atoms with Gasteiger partial charge in [0.05, 0.1) is 13.0 Å². The van der Waals surface area contributed by atoms with E-state index in [0.29, 0.717) is 6.42 Å². The zero-order valence-electron chi connectivity index (χ0n) is 17.2. The zero-order valence-corrected chi connectivity index (χ0v) is 17.2. The molecule has 166 valence electrons. The van der Waals surface area contributed by atoms with Crippen LogP contribution in [0.15, 0.2) is 0 Å². The summed E-state index contributed by atoms with van der Waals surface area (Å²) in [7, 11) is 0. The third-order valence-electron chi connectivity index (χ3n) is 4.33. The van der Waals surface area contributed by atoms with E-state index >= 15 is 0 Å². The van der Waals surface area contributed by atoms with Crippen molar-refractivity contribution in [1.29, 1.82) is 0 Å². The lowest BCUT2D eigenvalue weighted by Crippen LogP contribution is -2.58. The SMILES string of the molecule is CCC(C)C(NC(=O)CN)C(=O)NC(CC(C)C)C(=O)NC(CC(=O)O)C(=O)O. The van der Waals surface area contributed by atoms with E-state index in [9.17, 15) is 24.0 Å². The van der Waals surface area contributed by atoms with E-state index in [0.717, 1.165) is 0 Å². The van der Waals surface area contributed by atoms with Gasteiger partial charge in [0.2, 0.25) is 17.7 Å². The Hall–Kier alpha value is -2.69. The van der Waals surface area contributed by atoms with Crippen LogP contribution in [0.3, 0.4) is 0 Å². The lowest BCUT2D eigenvalue weighted by Gasteiger charge is -2.27. The quantitative estimate of drug-likeness (QED) is 0.221. The molecule has 0 saturated carbocycles. The maximum absolute atomic E-state index is 12.7. The summed E-state index contributed by atoms with van der Waals surface area (Å²) in [6, 6.07) is -3.65. The zero-order chi connectivity index (χ0) is 22.7. The molecule has 11 nitrogen and oxygen atoms in total. The molecule has 0 aromatic heterocycles. The molecule has 0 radical (unpaired) electrons. The van der Waals surface area contributed by atoms with Crippen molar-refractivity contribution in [1.82, 2.24) is 16.0 Å². The van der Waals surface area contributed by atoms with Crippen molar-refractivity contribution in [2.24, 2.45) is 17.6 Å². The van der Waals surface area contributed by atoms with Gasteiger partial charge in [-0.2, -0.15) is 0 Å². The van der Waals surface area contributed by atoms with Crippen molar-refractivity contribution >= 4 is 29.7 Å². The van der Waals surface area contributed by atoms with Gasteiger partial charge in [0.15, 0.2) is 0 Å². The minimum Gasteiger partial charge on any atom is -0.481 e. The normalized spacial score (nSPS) is 15.0. The number of carbonyl (C=O) groups is 5. The summed E-state index contributed by atoms with van der Waals surface area (Å²) in [6.45, 7) is 6.90. The van der Waals surface area contributed by atoms with Crippen LogP contribution >= 0.6 is 0 Å². The van der Waals surface area contributed by atoms with Gasteiger partial charge in [-0.05, 0) is 18.3 Å². The van der Waals surface area contributed by atoms with Crippen molar-refractivity contribution in [3.05, 3.63) is 0 Å². The first kappa shape index (κ1) is 26.3. The molecule has 0 spiro atoms. The van der Waals surface area contributed by atoms with Gasteiger partial charge >= 0.3 is 11.9 Å². The highest BCUT2D eigenvalue weighted by atomic mass is 16.4. The van der Waals surface area contributed by atoms with Crippen LogP contribution in [0.5, 0.6) is 0 Å². The summed E-state index contributed by atoms with van der Waals surface area (Å²) in [6.07, 6.45) is -0.0375.